The Bertz CT molecular complexity index is 384. The van der Waals surface area contributed by atoms with Crippen molar-refractivity contribution in [2.75, 3.05) is 19.8 Å². The van der Waals surface area contributed by atoms with Gasteiger partial charge in [-0.15, -0.1) is 0 Å². The Kier molecular flexibility index (Phi) is 4.80. The van der Waals surface area contributed by atoms with Crippen LogP contribution in [-0.2, 0) is 4.74 Å². The lowest BCUT2D eigenvalue weighted by molar-refractivity contribution is 0.0686. The number of aliphatic hydroxyl groups is 1. The van der Waals surface area contributed by atoms with E-state index in [0.717, 1.165) is 18.8 Å². The minimum atomic E-state index is -0.523. The minimum absolute atomic E-state index is 0.0479. The largest absolute Gasteiger partial charge is 0.491 e. The van der Waals surface area contributed by atoms with Gasteiger partial charge in [0, 0.05) is 18.7 Å². The molecule has 0 amide bonds. The molecule has 1 fully saturated rings. The second-order valence-corrected chi connectivity index (χ2v) is 5.34. The van der Waals surface area contributed by atoms with Gasteiger partial charge >= 0.3 is 0 Å². The lowest BCUT2D eigenvalue weighted by Crippen LogP contribution is -2.51. The second kappa shape index (κ2) is 6.37. The molecule has 3 unspecified atom stereocenters. The highest BCUT2D eigenvalue weighted by atomic mass is 16.5. The van der Waals surface area contributed by atoms with E-state index in [2.05, 4.69) is 19.2 Å². The van der Waals surface area contributed by atoms with Crippen LogP contribution in [0, 0.1) is 0 Å². The molecule has 4 heteroatoms. The molecular weight excluding hydrogens is 242 g/mol. The van der Waals surface area contributed by atoms with Gasteiger partial charge in [0.1, 0.15) is 18.5 Å². The fraction of sp³-hybridized carbons (Fsp3) is 0.600. The number of hydrogen-bond acceptors (Lipinski definition) is 4. The topological polar surface area (TPSA) is 50.7 Å². The van der Waals surface area contributed by atoms with Crippen molar-refractivity contribution in [1.29, 1.82) is 0 Å². The number of β-amino-alcohol motifs (C(OH)–C–C–N with tert-alkyl or cyclic N) is 1. The molecule has 0 bridgehead atoms. The van der Waals surface area contributed by atoms with Crippen molar-refractivity contribution in [3.8, 4) is 5.75 Å². The van der Waals surface area contributed by atoms with Crippen molar-refractivity contribution in [3.63, 3.8) is 0 Å². The molecule has 4 nitrogen and oxygen atoms in total. The first kappa shape index (κ1) is 14.3. The number of rotatable bonds is 6. The van der Waals surface area contributed by atoms with Crippen LogP contribution in [0.25, 0.3) is 0 Å². The van der Waals surface area contributed by atoms with Gasteiger partial charge in [0.25, 0.3) is 0 Å². The number of ether oxygens (including phenoxy) is 2. The first-order valence-electron chi connectivity index (χ1n) is 6.83. The first-order valence-corrected chi connectivity index (χ1v) is 6.83. The summed E-state index contributed by atoms with van der Waals surface area (Å²) < 4.78 is 11.1. The normalized spacial score (nSPS) is 28.3. The monoisotopic (exact) mass is 265 g/mol. The number of aliphatic hydroxyl groups excluding tert-OH is 1. The molecule has 1 heterocycles. The van der Waals surface area contributed by atoms with E-state index in [1.165, 1.54) is 0 Å². The van der Waals surface area contributed by atoms with E-state index in [0.29, 0.717) is 13.2 Å². The zero-order chi connectivity index (χ0) is 13.7. The molecule has 19 heavy (non-hydrogen) atoms. The Balaban J connectivity index is 1.71. The average Bonchev–Trinajstić information content (AvgIpc) is 2.76. The van der Waals surface area contributed by atoms with E-state index in [1.54, 1.807) is 0 Å². The van der Waals surface area contributed by atoms with E-state index in [9.17, 15) is 5.11 Å². The fourth-order valence-electron chi connectivity index (χ4n) is 2.19. The van der Waals surface area contributed by atoms with E-state index >= 15 is 0 Å². The molecule has 0 saturated carbocycles. The highest BCUT2D eigenvalue weighted by Gasteiger charge is 2.36. The molecule has 106 valence electrons. The third-order valence-corrected chi connectivity index (χ3v) is 3.81. The molecule has 1 aromatic rings. The summed E-state index contributed by atoms with van der Waals surface area (Å²) in [6.45, 7) is 5.78. The summed E-state index contributed by atoms with van der Waals surface area (Å²) in [4.78, 5) is 0. The highest BCUT2D eigenvalue weighted by Crippen LogP contribution is 2.24. The number of para-hydroxylation sites is 1. The smallest absolute Gasteiger partial charge is 0.119 e. The van der Waals surface area contributed by atoms with Gasteiger partial charge in [-0.25, -0.2) is 0 Å². The van der Waals surface area contributed by atoms with E-state index in [1.807, 2.05) is 30.3 Å². The zero-order valence-electron chi connectivity index (χ0n) is 11.6. The maximum absolute atomic E-state index is 9.94. The molecule has 1 aliphatic heterocycles. The quantitative estimate of drug-likeness (QED) is 0.820. The molecule has 2 N–H and O–H groups in total. The van der Waals surface area contributed by atoms with Gasteiger partial charge in [-0.2, -0.15) is 0 Å². The Morgan fingerprint density at radius 1 is 1.47 bits per heavy atom. The third kappa shape index (κ3) is 3.93. The van der Waals surface area contributed by atoms with Gasteiger partial charge in [0.15, 0.2) is 0 Å². The maximum Gasteiger partial charge on any atom is 0.119 e. The molecule has 2 rings (SSSR count). The van der Waals surface area contributed by atoms with Crippen LogP contribution in [0.15, 0.2) is 30.3 Å². The average molecular weight is 265 g/mol. The minimum Gasteiger partial charge on any atom is -0.491 e. The number of nitrogens with one attached hydrogen (secondary N) is 1. The molecule has 1 aromatic carbocycles. The fourth-order valence-corrected chi connectivity index (χ4v) is 2.19. The van der Waals surface area contributed by atoms with Crippen LogP contribution in [0.2, 0.25) is 0 Å². The summed E-state index contributed by atoms with van der Waals surface area (Å²) in [6.07, 6.45) is 0.625. The first-order chi connectivity index (χ1) is 9.10. The third-order valence-electron chi connectivity index (χ3n) is 3.81. The summed E-state index contributed by atoms with van der Waals surface area (Å²) in [5.41, 5.74) is -0.0479. The lowest BCUT2D eigenvalue weighted by atomic mass is 9.94. The molecule has 1 aliphatic rings. The summed E-state index contributed by atoms with van der Waals surface area (Å²) in [6, 6.07) is 9.53. The summed E-state index contributed by atoms with van der Waals surface area (Å²) in [5, 5.41) is 13.3. The summed E-state index contributed by atoms with van der Waals surface area (Å²) in [7, 11) is 0. The molecule has 0 aromatic heterocycles. The van der Waals surface area contributed by atoms with Gasteiger partial charge in [-0.05, 0) is 32.4 Å². The summed E-state index contributed by atoms with van der Waals surface area (Å²) >= 11 is 0. The number of hydrogen-bond donors (Lipinski definition) is 2. The molecule has 0 radical (unpaired) electrons. The molecular formula is C15H23NO3. The molecule has 0 spiro atoms. The van der Waals surface area contributed by atoms with E-state index in [4.69, 9.17) is 9.47 Å². The summed E-state index contributed by atoms with van der Waals surface area (Å²) in [5.74, 6) is 0.783. The highest BCUT2D eigenvalue weighted by molar-refractivity contribution is 5.20. The Morgan fingerprint density at radius 2 is 2.21 bits per heavy atom. The van der Waals surface area contributed by atoms with Crippen LogP contribution in [0.4, 0.5) is 0 Å². The zero-order valence-corrected chi connectivity index (χ0v) is 11.6. The predicted molar refractivity (Wildman–Crippen MR) is 74.4 cm³/mol. The van der Waals surface area contributed by atoms with Crippen LogP contribution < -0.4 is 10.1 Å². The Hall–Kier alpha value is -1.10. The Morgan fingerprint density at radius 3 is 2.84 bits per heavy atom. The van der Waals surface area contributed by atoms with Crippen LogP contribution in [0.5, 0.6) is 5.75 Å². The van der Waals surface area contributed by atoms with Crippen LogP contribution in [0.3, 0.4) is 0 Å². The van der Waals surface area contributed by atoms with E-state index < -0.39 is 6.10 Å². The lowest BCUT2D eigenvalue weighted by Gasteiger charge is -2.30. The standard InChI is InChI=1S/C15H23NO3/c1-12-15(2,8-9-18-12)16-10-13(17)11-19-14-6-4-3-5-7-14/h3-7,12-13,16-17H,8-11H2,1-2H3. The number of benzene rings is 1. The van der Waals surface area contributed by atoms with Crippen molar-refractivity contribution in [3.05, 3.63) is 30.3 Å². The molecule has 3 atom stereocenters. The van der Waals surface area contributed by atoms with Gasteiger partial charge < -0.3 is 19.9 Å². The van der Waals surface area contributed by atoms with E-state index in [-0.39, 0.29) is 11.6 Å². The molecule has 0 aliphatic carbocycles. The van der Waals surface area contributed by atoms with Crippen molar-refractivity contribution >= 4 is 0 Å². The van der Waals surface area contributed by atoms with Crippen molar-refractivity contribution < 1.29 is 14.6 Å². The Labute approximate surface area is 114 Å². The van der Waals surface area contributed by atoms with Crippen molar-refractivity contribution in [1.82, 2.24) is 5.32 Å². The van der Waals surface area contributed by atoms with Crippen LogP contribution in [0.1, 0.15) is 20.3 Å². The maximum atomic E-state index is 9.94. The molecule has 1 saturated heterocycles. The SMILES string of the molecule is CC1OCCC1(C)NCC(O)COc1ccccc1. The van der Waals surface area contributed by atoms with Gasteiger partial charge in [0.05, 0.1) is 6.10 Å². The van der Waals surface area contributed by atoms with Crippen LogP contribution in [-0.4, -0.2) is 42.6 Å². The van der Waals surface area contributed by atoms with Gasteiger partial charge in [-0.3, -0.25) is 0 Å². The second-order valence-electron chi connectivity index (χ2n) is 5.34. The predicted octanol–water partition coefficient (Wildman–Crippen LogP) is 1.58. The van der Waals surface area contributed by atoms with Gasteiger partial charge in [-0.1, -0.05) is 18.2 Å². The van der Waals surface area contributed by atoms with Gasteiger partial charge in [0.2, 0.25) is 0 Å². The van der Waals surface area contributed by atoms with Crippen molar-refractivity contribution in [2.24, 2.45) is 0 Å². The van der Waals surface area contributed by atoms with Crippen LogP contribution >= 0.6 is 0 Å². The van der Waals surface area contributed by atoms with Crippen molar-refractivity contribution in [2.45, 2.75) is 38.0 Å².